The molecule has 2 unspecified atom stereocenters. The second kappa shape index (κ2) is 5.02. The molecule has 0 radical (unpaired) electrons. The maximum atomic E-state index is 6.05. The van der Waals surface area contributed by atoms with Gasteiger partial charge in [0.05, 0.1) is 36.2 Å². The first-order valence-electron chi connectivity index (χ1n) is 6.47. The maximum Gasteiger partial charge on any atom is 0.125 e. The van der Waals surface area contributed by atoms with Gasteiger partial charge in [-0.25, -0.2) is 4.98 Å². The van der Waals surface area contributed by atoms with E-state index in [-0.39, 0.29) is 6.10 Å². The number of benzene rings is 1. The zero-order valence-corrected chi connectivity index (χ0v) is 11.9. The Morgan fingerprint density at radius 2 is 2.37 bits per heavy atom. The molecule has 2 heterocycles. The zero-order chi connectivity index (χ0) is 13.4. The summed E-state index contributed by atoms with van der Waals surface area (Å²) >= 11 is 6.05. The quantitative estimate of drug-likeness (QED) is 0.811. The lowest BCUT2D eigenvalue weighted by molar-refractivity contribution is 0.108. The molecule has 1 aliphatic rings. The van der Waals surface area contributed by atoms with Crippen molar-refractivity contribution in [2.45, 2.75) is 31.4 Å². The monoisotopic (exact) mass is 280 g/mol. The first-order chi connectivity index (χ1) is 9.24. The molecule has 1 aromatic carbocycles. The summed E-state index contributed by atoms with van der Waals surface area (Å²) in [5, 5.41) is 0. The highest BCUT2D eigenvalue weighted by atomic mass is 35.5. The van der Waals surface area contributed by atoms with Crippen molar-refractivity contribution < 1.29 is 9.47 Å². The van der Waals surface area contributed by atoms with Crippen LogP contribution in [0.15, 0.2) is 18.2 Å². The number of nitrogens with zero attached hydrogens (tertiary/aromatic N) is 2. The number of hydrogen-bond acceptors (Lipinski definition) is 3. The second-order valence-electron chi connectivity index (χ2n) is 4.82. The molecule has 1 aromatic heterocycles. The van der Waals surface area contributed by atoms with E-state index in [2.05, 4.69) is 16.5 Å². The van der Waals surface area contributed by atoms with Crippen molar-refractivity contribution in [3.63, 3.8) is 0 Å². The van der Waals surface area contributed by atoms with Crippen molar-refractivity contribution in [1.82, 2.24) is 9.55 Å². The number of halogens is 1. The van der Waals surface area contributed by atoms with Gasteiger partial charge >= 0.3 is 0 Å². The Kier molecular flexibility index (Phi) is 3.37. The van der Waals surface area contributed by atoms with Gasteiger partial charge in [-0.1, -0.05) is 0 Å². The highest BCUT2D eigenvalue weighted by Crippen LogP contribution is 2.32. The standard InChI is InChI=1S/C14H17ClN2O2/c1-9-12(5-6-19-9)17-13-4-3-10(18-2)7-11(13)16-14(17)8-15/h3-4,7,9,12H,5-6,8H2,1-2H3. The molecule has 0 amide bonds. The first-order valence-corrected chi connectivity index (χ1v) is 7.00. The average molecular weight is 281 g/mol. The number of aromatic nitrogens is 2. The molecule has 0 N–H and O–H groups in total. The third kappa shape index (κ3) is 2.09. The summed E-state index contributed by atoms with van der Waals surface area (Å²) in [6.45, 7) is 2.90. The molecule has 2 aromatic rings. The number of methoxy groups -OCH3 is 1. The molecule has 1 aliphatic heterocycles. The minimum absolute atomic E-state index is 0.196. The molecule has 3 rings (SSSR count). The van der Waals surface area contributed by atoms with Gasteiger partial charge in [-0.2, -0.15) is 0 Å². The van der Waals surface area contributed by atoms with Gasteiger partial charge in [-0.05, 0) is 25.5 Å². The molecule has 19 heavy (non-hydrogen) atoms. The third-order valence-electron chi connectivity index (χ3n) is 3.76. The summed E-state index contributed by atoms with van der Waals surface area (Å²) in [6, 6.07) is 6.26. The number of imidazole rings is 1. The summed E-state index contributed by atoms with van der Waals surface area (Å²) < 4.78 is 13.1. The second-order valence-corrected chi connectivity index (χ2v) is 5.09. The molecular formula is C14H17ClN2O2. The molecule has 102 valence electrons. The van der Waals surface area contributed by atoms with Crippen molar-refractivity contribution in [2.75, 3.05) is 13.7 Å². The van der Waals surface area contributed by atoms with Gasteiger partial charge in [0.1, 0.15) is 11.6 Å². The normalized spacial score (nSPS) is 23.1. The smallest absolute Gasteiger partial charge is 0.125 e. The fourth-order valence-corrected chi connectivity index (χ4v) is 2.97. The SMILES string of the molecule is COc1ccc2c(c1)nc(CCl)n2C1CCOC1C. The van der Waals surface area contributed by atoms with Crippen LogP contribution in [-0.4, -0.2) is 29.4 Å². The Hall–Kier alpha value is -1.26. The molecule has 1 fully saturated rings. The van der Waals surface area contributed by atoms with E-state index < -0.39 is 0 Å². The highest BCUT2D eigenvalue weighted by molar-refractivity contribution is 6.16. The van der Waals surface area contributed by atoms with Crippen molar-refractivity contribution in [1.29, 1.82) is 0 Å². The van der Waals surface area contributed by atoms with Crippen LogP contribution < -0.4 is 4.74 Å². The van der Waals surface area contributed by atoms with Crippen LogP contribution in [0.4, 0.5) is 0 Å². The van der Waals surface area contributed by atoms with Crippen molar-refractivity contribution in [2.24, 2.45) is 0 Å². The van der Waals surface area contributed by atoms with E-state index in [4.69, 9.17) is 21.1 Å². The maximum absolute atomic E-state index is 6.05. The van der Waals surface area contributed by atoms with Gasteiger partial charge in [0, 0.05) is 12.7 Å². The van der Waals surface area contributed by atoms with Crippen molar-refractivity contribution in [3.8, 4) is 5.75 Å². The Morgan fingerprint density at radius 3 is 3.00 bits per heavy atom. The van der Waals surface area contributed by atoms with Gasteiger partial charge in [0.2, 0.25) is 0 Å². The van der Waals surface area contributed by atoms with E-state index in [9.17, 15) is 0 Å². The lowest BCUT2D eigenvalue weighted by atomic mass is 10.1. The Balaban J connectivity index is 2.15. The number of fused-ring (bicyclic) bond motifs is 1. The zero-order valence-electron chi connectivity index (χ0n) is 11.1. The van der Waals surface area contributed by atoms with Crippen molar-refractivity contribution >= 4 is 22.6 Å². The van der Waals surface area contributed by atoms with Crippen LogP contribution in [0.3, 0.4) is 0 Å². The molecule has 2 atom stereocenters. The third-order valence-corrected chi connectivity index (χ3v) is 4.00. The number of ether oxygens (including phenoxy) is 2. The van der Waals surface area contributed by atoms with Crippen LogP contribution in [-0.2, 0) is 10.6 Å². The highest BCUT2D eigenvalue weighted by Gasteiger charge is 2.29. The lowest BCUT2D eigenvalue weighted by Crippen LogP contribution is -2.18. The Morgan fingerprint density at radius 1 is 1.53 bits per heavy atom. The van der Waals surface area contributed by atoms with Crippen LogP contribution >= 0.6 is 11.6 Å². The van der Waals surface area contributed by atoms with Gasteiger partial charge < -0.3 is 14.0 Å². The minimum Gasteiger partial charge on any atom is -0.497 e. The van der Waals surface area contributed by atoms with Crippen LogP contribution in [0.5, 0.6) is 5.75 Å². The van der Waals surface area contributed by atoms with Crippen molar-refractivity contribution in [3.05, 3.63) is 24.0 Å². The first kappa shape index (κ1) is 12.8. The largest absolute Gasteiger partial charge is 0.497 e. The summed E-state index contributed by atoms with van der Waals surface area (Å²) in [7, 11) is 1.66. The number of alkyl halides is 1. The molecule has 5 heteroatoms. The van der Waals surface area contributed by atoms with Crippen LogP contribution in [0.1, 0.15) is 25.2 Å². The van der Waals surface area contributed by atoms with E-state index in [1.807, 2.05) is 18.2 Å². The predicted octanol–water partition coefficient (Wildman–Crippen LogP) is 3.13. The van der Waals surface area contributed by atoms with Crippen LogP contribution in [0.25, 0.3) is 11.0 Å². The summed E-state index contributed by atoms with van der Waals surface area (Å²) in [6.07, 6.45) is 1.20. The van der Waals surface area contributed by atoms with Gasteiger partial charge in [-0.3, -0.25) is 0 Å². The van der Waals surface area contributed by atoms with Gasteiger partial charge in [0.25, 0.3) is 0 Å². The fourth-order valence-electron chi connectivity index (χ4n) is 2.78. The average Bonchev–Trinajstić information content (AvgIpc) is 3.00. The molecule has 0 spiro atoms. The Labute approximate surface area is 117 Å². The Bertz CT molecular complexity index is 596. The molecule has 4 nitrogen and oxygen atoms in total. The van der Waals surface area contributed by atoms with E-state index in [0.717, 1.165) is 35.6 Å². The predicted molar refractivity (Wildman–Crippen MR) is 74.9 cm³/mol. The van der Waals surface area contributed by atoms with E-state index in [0.29, 0.717) is 11.9 Å². The van der Waals surface area contributed by atoms with E-state index in [1.54, 1.807) is 7.11 Å². The molecule has 0 aliphatic carbocycles. The van der Waals surface area contributed by atoms with Gasteiger partial charge in [0.15, 0.2) is 0 Å². The molecular weight excluding hydrogens is 264 g/mol. The summed E-state index contributed by atoms with van der Waals surface area (Å²) in [4.78, 5) is 4.61. The molecule has 1 saturated heterocycles. The van der Waals surface area contributed by atoms with Crippen LogP contribution in [0.2, 0.25) is 0 Å². The number of rotatable bonds is 3. The fraction of sp³-hybridized carbons (Fsp3) is 0.500. The lowest BCUT2D eigenvalue weighted by Gasteiger charge is -2.19. The van der Waals surface area contributed by atoms with E-state index in [1.165, 1.54) is 0 Å². The number of hydrogen-bond donors (Lipinski definition) is 0. The van der Waals surface area contributed by atoms with Gasteiger partial charge in [-0.15, -0.1) is 11.6 Å². The van der Waals surface area contributed by atoms with Crippen LogP contribution in [0, 0.1) is 0 Å². The minimum atomic E-state index is 0.196. The topological polar surface area (TPSA) is 36.3 Å². The summed E-state index contributed by atoms with van der Waals surface area (Å²) in [5.74, 6) is 2.11. The summed E-state index contributed by atoms with van der Waals surface area (Å²) in [5.41, 5.74) is 2.02. The molecule has 0 bridgehead atoms. The van der Waals surface area contributed by atoms with E-state index >= 15 is 0 Å². The molecule has 0 saturated carbocycles.